The van der Waals surface area contributed by atoms with Crippen LogP contribution in [-0.2, 0) is 12.6 Å². The zero-order valence-electron chi connectivity index (χ0n) is 19.6. The maximum atomic E-state index is 2.79. The van der Waals surface area contributed by atoms with Gasteiger partial charge in [-0.3, -0.25) is 0 Å². The monoisotopic (exact) mass is 428 g/mol. The van der Waals surface area contributed by atoms with Crippen LogP contribution in [0.4, 0.5) is 0 Å². The van der Waals surface area contributed by atoms with Crippen LogP contribution in [-0.4, -0.2) is 0 Å². The van der Waals surface area contributed by atoms with Gasteiger partial charge in [-0.25, -0.2) is 0 Å². The molecule has 0 spiro atoms. The van der Waals surface area contributed by atoms with E-state index >= 15 is 0 Å². The molecule has 1 fully saturated rings. The Hall–Kier alpha value is -1.91. The average molecular weight is 429 g/mol. The first-order valence-electron chi connectivity index (χ1n) is 11.7. The van der Waals surface area contributed by atoms with Crippen LogP contribution < -0.4 is 0 Å². The van der Waals surface area contributed by atoms with E-state index in [9.17, 15) is 0 Å². The predicted octanol–water partition coefficient (Wildman–Crippen LogP) is 8.79. The molecule has 0 saturated heterocycles. The van der Waals surface area contributed by atoms with Crippen LogP contribution in [0.15, 0.2) is 72.8 Å². The summed E-state index contributed by atoms with van der Waals surface area (Å²) >= 11 is 0. The van der Waals surface area contributed by atoms with E-state index in [0.717, 1.165) is 12.1 Å². The first-order valence-corrected chi connectivity index (χ1v) is 12.5. The molecule has 3 aromatic rings. The molecule has 0 aromatic heterocycles. The molecule has 1 unspecified atom stereocenters. The summed E-state index contributed by atoms with van der Waals surface area (Å²) in [6, 6.07) is 27.1. The van der Waals surface area contributed by atoms with E-state index in [4.69, 9.17) is 0 Å². The van der Waals surface area contributed by atoms with Gasteiger partial charge in [-0.05, 0) is 88.0 Å². The molecule has 0 heterocycles. The van der Waals surface area contributed by atoms with Crippen LogP contribution in [0.2, 0.25) is 0 Å². The first-order chi connectivity index (χ1) is 14.7. The zero-order valence-corrected chi connectivity index (χ0v) is 20.8. The van der Waals surface area contributed by atoms with Crippen molar-refractivity contribution in [1.29, 1.82) is 0 Å². The average Bonchev–Trinajstić information content (AvgIpc) is 2.72. The van der Waals surface area contributed by atoms with Crippen molar-refractivity contribution in [2.45, 2.75) is 59.5 Å². The van der Waals surface area contributed by atoms with Gasteiger partial charge in [0.1, 0.15) is 0 Å². The second-order valence-corrected chi connectivity index (χ2v) is 11.6. The second kappa shape index (κ2) is 8.91. The molecular formula is C30H37P. The largest absolute Gasteiger partial charge is 0.133 e. The molecule has 0 N–H and O–H groups in total. The summed E-state index contributed by atoms with van der Waals surface area (Å²) in [7, 11) is 2.79. The van der Waals surface area contributed by atoms with Gasteiger partial charge in [0.05, 0.1) is 0 Å². The third kappa shape index (κ3) is 5.67. The van der Waals surface area contributed by atoms with Crippen LogP contribution in [0, 0.1) is 16.7 Å². The molecule has 3 aromatic carbocycles. The van der Waals surface area contributed by atoms with Gasteiger partial charge in [-0.1, -0.05) is 94.4 Å². The SMILES string of the molecule is CC1(C)CC(Cc2ccc(-c3cccc(-c4ccc(CP)cc4)c3)cc2)CC(C)(C)C1. The fourth-order valence-corrected chi connectivity index (χ4v) is 6.37. The molecule has 4 rings (SSSR count). The summed E-state index contributed by atoms with van der Waals surface area (Å²) in [6.45, 7) is 9.80. The predicted molar refractivity (Wildman–Crippen MR) is 139 cm³/mol. The number of rotatable bonds is 5. The van der Waals surface area contributed by atoms with Gasteiger partial charge in [0.2, 0.25) is 0 Å². The third-order valence-electron chi connectivity index (χ3n) is 6.84. The Bertz CT molecular complexity index is 993. The van der Waals surface area contributed by atoms with Crippen LogP contribution in [0.1, 0.15) is 58.1 Å². The highest BCUT2D eigenvalue weighted by Gasteiger charge is 2.38. The highest BCUT2D eigenvalue weighted by atomic mass is 31.0. The van der Waals surface area contributed by atoms with E-state index in [0.29, 0.717) is 10.8 Å². The van der Waals surface area contributed by atoms with Crippen molar-refractivity contribution < 1.29 is 0 Å². The van der Waals surface area contributed by atoms with Gasteiger partial charge in [0.15, 0.2) is 0 Å². The molecule has 31 heavy (non-hydrogen) atoms. The zero-order chi connectivity index (χ0) is 22.1. The normalized spacial score (nSPS) is 18.1. The molecule has 1 saturated carbocycles. The van der Waals surface area contributed by atoms with Crippen molar-refractivity contribution in [2.75, 3.05) is 0 Å². The maximum Gasteiger partial charge on any atom is -0.0128 e. The summed E-state index contributed by atoms with van der Waals surface area (Å²) < 4.78 is 0. The molecular weight excluding hydrogens is 391 g/mol. The summed E-state index contributed by atoms with van der Waals surface area (Å²) in [5.41, 5.74) is 8.90. The lowest BCUT2D eigenvalue weighted by Gasteiger charge is -2.45. The van der Waals surface area contributed by atoms with Gasteiger partial charge in [-0.2, -0.15) is 0 Å². The van der Waals surface area contributed by atoms with Gasteiger partial charge in [-0.15, -0.1) is 9.24 Å². The van der Waals surface area contributed by atoms with Crippen molar-refractivity contribution in [3.63, 3.8) is 0 Å². The topological polar surface area (TPSA) is 0 Å². The van der Waals surface area contributed by atoms with E-state index in [1.54, 1.807) is 0 Å². The lowest BCUT2D eigenvalue weighted by molar-refractivity contribution is 0.0678. The van der Waals surface area contributed by atoms with Crippen molar-refractivity contribution >= 4 is 9.24 Å². The fourth-order valence-electron chi connectivity index (χ4n) is 6.10. The van der Waals surface area contributed by atoms with Gasteiger partial charge in [0, 0.05) is 0 Å². The van der Waals surface area contributed by atoms with Gasteiger partial charge < -0.3 is 0 Å². The molecule has 0 bridgehead atoms. The smallest absolute Gasteiger partial charge is 0.0128 e. The summed E-state index contributed by atoms with van der Waals surface area (Å²) in [5, 5.41) is 0. The van der Waals surface area contributed by atoms with Gasteiger partial charge >= 0.3 is 0 Å². The fraction of sp³-hybridized carbons (Fsp3) is 0.400. The van der Waals surface area contributed by atoms with Crippen LogP contribution in [0.25, 0.3) is 22.3 Å². The third-order valence-corrected chi connectivity index (χ3v) is 7.31. The summed E-state index contributed by atoms with van der Waals surface area (Å²) in [5.74, 6) is 0.789. The molecule has 1 aliphatic carbocycles. The first kappa shape index (κ1) is 22.3. The molecule has 1 aliphatic rings. The Kier molecular flexibility index (Phi) is 6.41. The Labute approximate surface area is 191 Å². The molecule has 0 aliphatic heterocycles. The van der Waals surface area contributed by atoms with Crippen LogP contribution in [0.5, 0.6) is 0 Å². The van der Waals surface area contributed by atoms with Crippen molar-refractivity contribution in [2.24, 2.45) is 16.7 Å². The molecule has 1 atom stereocenters. The highest BCUT2D eigenvalue weighted by molar-refractivity contribution is 7.15. The van der Waals surface area contributed by atoms with E-state index in [-0.39, 0.29) is 0 Å². The molecule has 0 nitrogen and oxygen atoms in total. The van der Waals surface area contributed by atoms with E-state index in [1.807, 2.05) is 0 Å². The highest BCUT2D eigenvalue weighted by Crippen LogP contribution is 2.49. The summed E-state index contributed by atoms with van der Waals surface area (Å²) in [6.07, 6.45) is 6.23. The van der Waals surface area contributed by atoms with Crippen LogP contribution >= 0.6 is 9.24 Å². The Morgan fingerprint density at radius 1 is 0.677 bits per heavy atom. The second-order valence-electron chi connectivity index (χ2n) is 11.2. The van der Waals surface area contributed by atoms with Crippen molar-refractivity contribution in [3.8, 4) is 22.3 Å². The van der Waals surface area contributed by atoms with Crippen molar-refractivity contribution in [3.05, 3.63) is 83.9 Å². The quantitative estimate of drug-likeness (QED) is 0.356. The standard InChI is InChI=1S/C30H37P/c1-29(2)18-24(19-30(3,4)21-29)16-22-8-12-25(13-9-22)27-6-5-7-28(17-27)26-14-10-23(20-31)11-15-26/h5-15,17,24H,16,18-21,31H2,1-4H3. The summed E-state index contributed by atoms with van der Waals surface area (Å²) in [4.78, 5) is 0. The number of hydrogen-bond donors (Lipinski definition) is 0. The lowest BCUT2D eigenvalue weighted by atomic mass is 9.60. The minimum Gasteiger partial charge on any atom is -0.133 e. The Morgan fingerprint density at radius 2 is 1.16 bits per heavy atom. The van der Waals surface area contributed by atoms with E-state index < -0.39 is 0 Å². The minimum absolute atomic E-state index is 0.459. The molecule has 0 radical (unpaired) electrons. The Balaban J connectivity index is 1.49. The van der Waals surface area contributed by atoms with Crippen LogP contribution in [0.3, 0.4) is 0 Å². The van der Waals surface area contributed by atoms with Crippen molar-refractivity contribution in [1.82, 2.24) is 0 Å². The molecule has 1 heteroatoms. The maximum absolute atomic E-state index is 2.79. The van der Waals surface area contributed by atoms with Gasteiger partial charge in [0.25, 0.3) is 0 Å². The Morgan fingerprint density at radius 3 is 1.65 bits per heavy atom. The number of hydrogen-bond acceptors (Lipinski definition) is 0. The number of benzene rings is 3. The van der Waals surface area contributed by atoms with E-state index in [1.165, 1.54) is 59.1 Å². The van der Waals surface area contributed by atoms with E-state index in [2.05, 4.69) is 110 Å². The molecule has 162 valence electrons. The lowest BCUT2D eigenvalue weighted by Crippen LogP contribution is -2.34. The molecule has 0 amide bonds. The minimum atomic E-state index is 0.459.